The van der Waals surface area contributed by atoms with Gasteiger partial charge in [0, 0.05) is 0 Å². The number of carboxylic acids is 1. The quantitative estimate of drug-likeness (QED) is 0.657. The van der Waals surface area contributed by atoms with Crippen LogP contribution in [0.2, 0.25) is 0 Å². The van der Waals surface area contributed by atoms with Crippen molar-refractivity contribution in [2.24, 2.45) is 11.7 Å². The van der Waals surface area contributed by atoms with Gasteiger partial charge in [0.15, 0.2) is 0 Å². The maximum atomic E-state index is 10.4. The molecule has 3 heteroatoms. The van der Waals surface area contributed by atoms with Crippen LogP contribution in [0.4, 0.5) is 0 Å². The van der Waals surface area contributed by atoms with Gasteiger partial charge in [0.25, 0.3) is 0 Å². The Morgan fingerprint density at radius 3 is 2.92 bits per heavy atom. The molecule has 0 radical (unpaired) electrons. The summed E-state index contributed by atoms with van der Waals surface area (Å²) in [4.78, 5) is 10.4. The van der Waals surface area contributed by atoms with Crippen LogP contribution in [0.1, 0.15) is 12.8 Å². The van der Waals surface area contributed by atoms with Crippen molar-refractivity contribution in [3.63, 3.8) is 0 Å². The second-order valence-corrected chi connectivity index (χ2v) is 2.99. The van der Waals surface area contributed by atoms with Gasteiger partial charge < -0.3 is 10.8 Å². The van der Waals surface area contributed by atoms with Crippen LogP contribution in [0.3, 0.4) is 0 Å². The monoisotopic (exact) mass is 167 g/mol. The first-order chi connectivity index (χ1) is 5.70. The van der Waals surface area contributed by atoms with E-state index in [1.165, 1.54) is 0 Å². The van der Waals surface area contributed by atoms with Gasteiger partial charge in [-0.05, 0) is 18.8 Å². The number of hydrogen-bond donors (Lipinski definition) is 2. The van der Waals surface area contributed by atoms with Gasteiger partial charge >= 0.3 is 5.97 Å². The molecule has 0 saturated carbocycles. The number of carbonyl (C=O) groups is 1. The Labute approximate surface area is 71.6 Å². The van der Waals surface area contributed by atoms with E-state index in [1.54, 1.807) is 0 Å². The number of allylic oxidation sites excluding steroid dienone is 4. The molecular weight excluding hydrogens is 154 g/mol. The van der Waals surface area contributed by atoms with E-state index in [9.17, 15) is 4.79 Å². The van der Waals surface area contributed by atoms with Crippen LogP contribution >= 0.6 is 0 Å². The van der Waals surface area contributed by atoms with Gasteiger partial charge in [0.1, 0.15) is 6.04 Å². The van der Waals surface area contributed by atoms with E-state index in [0.29, 0.717) is 12.3 Å². The molecule has 66 valence electrons. The first kappa shape index (κ1) is 9.00. The fourth-order valence-corrected chi connectivity index (χ4v) is 1.23. The molecule has 2 atom stereocenters. The SMILES string of the molecule is N[C@@H](CC1C=CC=CC1)C(=O)O. The number of carboxylic acid groups (broad SMARTS) is 1. The fraction of sp³-hybridized carbons (Fsp3) is 0.444. The molecule has 1 aliphatic rings. The third-order valence-corrected chi connectivity index (χ3v) is 1.94. The van der Waals surface area contributed by atoms with Gasteiger partial charge in [0.05, 0.1) is 0 Å². The lowest BCUT2D eigenvalue weighted by Gasteiger charge is -2.14. The third kappa shape index (κ3) is 2.51. The average molecular weight is 167 g/mol. The second kappa shape index (κ2) is 4.07. The molecule has 0 saturated heterocycles. The second-order valence-electron chi connectivity index (χ2n) is 2.99. The summed E-state index contributed by atoms with van der Waals surface area (Å²) in [5.74, 6) is -0.626. The van der Waals surface area contributed by atoms with E-state index in [-0.39, 0.29) is 0 Å². The highest BCUT2D eigenvalue weighted by Gasteiger charge is 2.16. The van der Waals surface area contributed by atoms with E-state index in [1.807, 2.05) is 24.3 Å². The summed E-state index contributed by atoms with van der Waals surface area (Å²) in [7, 11) is 0. The summed E-state index contributed by atoms with van der Waals surface area (Å²) in [6.07, 6.45) is 9.35. The Morgan fingerprint density at radius 1 is 1.67 bits per heavy atom. The summed E-state index contributed by atoms with van der Waals surface area (Å²) in [6, 6.07) is -0.730. The number of nitrogens with two attached hydrogens (primary N) is 1. The molecule has 0 fully saturated rings. The molecular formula is C9H13NO2. The third-order valence-electron chi connectivity index (χ3n) is 1.94. The molecule has 0 aromatic heterocycles. The van der Waals surface area contributed by atoms with Gasteiger partial charge in [-0.15, -0.1) is 0 Å². The summed E-state index contributed by atoms with van der Waals surface area (Å²) >= 11 is 0. The van der Waals surface area contributed by atoms with Crippen molar-refractivity contribution in [1.29, 1.82) is 0 Å². The molecule has 0 aliphatic heterocycles. The Hall–Kier alpha value is -1.09. The first-order valence-corrected chi connectivity index (χ1v) is 4.02. The average Bonchev–Trinajstić information content (AvgIpc) is 2.06. The molecule has 3 nitrogen and oxygen atoms in total. The highest BCUT2D eigenvalue weighted by molar-refractivity contribution is 5.73. The van der Waals surface area contributed by atoms with Crippen molar-refractivity contribution < 1.29 is 9.90 Å². The maximum absolute atomic E-state index is 10.4. The van der Waals surface area contributed by atoms with Crippen LogP contribution < -0.4 is 5.73 Å². The summed E-state index contributed by atoms with van der Waals surface area (Å²) < 4.78 is 0. The molecule has 0 aromatic carbocycles. The minimum absolute atomic E-state index is 0.293. The molecule has 0 bridgehead atoms. The van der Waals surface area contributed by atoms with Crippen molar-refractivity contribution in [2.45, 2.75) is 18.9 Å². The molecule has 1 rings (SSSR count). The summed E-state index contributed by atoms with van der Waals surface area (Å²) in [6.45, 7) is 0. The highest BCUT2D eigenvalue weighted by atomic mass is 16.4. The lowest BCUT2D eigenvalue weighted by atomic mass is 9.94. The number of rotatable bonds is 3. The molecule has 12 heavy (non-hydrogen) atoms. The smallest absolute Gasteiger partial charge is 0.320 e. The predicted octanol–water partition coefficient (Wildman–Crippen LogP) is 0.921. The van der Waals surface area contributed by atoms with Crippen molar-refractivity contribution in [3.8, 4) is 0 Å². The zero-order valence-corrected chi connectivity index (χ0v) is 6.81. The normalized spacial score (nSPS) is 23.9. The zero-order chi connectivity index (χ0) is 8.97. The van der Waals surface area contributed by atoms with E-state index < -0.39 is 12.0 Å². The van der Waals surface area contributed by atoms with Crippen molar-refractivity contribution >= 4 is 5.97 Å². The largest absolute Gasteiger partial charge is 0.480 e. The van der Waals surface area contributed by atoms with Crippen molar-refractivity contribution in [2.75, 3.05) is 0 Å². The molecule has 0 aromatic rings. The lowest BCUT2D eigenvalue weighted by molar-refractivity contribution is -0.138. The Balaban J connectivity index is 2.36. The Morgan fingerprint density at radius 2 is 2.42 bits per heavy atom. The van der Waals surface area contributed by atoms with Crippen LogP contribution in [-0.2, 0) is 4.79 Å². The number of hydrogen-bond acceptors (Lipinski definition) is 2. The zero-order valence-electron chi connectivity index (χ0n) is 6.81. The van der Waals surface area contributed by atoms with Gasteiger partial charge in [-0.2, -0.15) is 0 Å². The van der Waals surface area contributed by atoms with Crippen LogP contribution in [0, 0.1) is 5.92 Å². The molecule has 1 aliphatic carbocycles. The molecule has 0 heterocycles. The van der Waals surface area contributed by atoms with E-state index in [4.69, 9.17) is 10.8 Å². The standard InChI is InChI=1S/C9H13NO2/c10-8(9(11)12)6-7-4-2-1-3-5-7/h1-4,7-8H,5-6,10H2,(H,11,12)/t7?,8-/m0/s1. The topological polar surface area (TPSA) is 63.3 Å². The highest BCUT2D eigenvalue weighted by Crippen LogP contribution is 2.16. The Bertz CT molecular complexity index is 221. The molecule has 0 amide bonds. The van der Waals surface area contributed by atoms with Gasteiger partial charge in [-0.25, -0.2) is 0 Å². The van der Waals surface area contributed by atoms with Gasteiger partial charge in [-0.1, -0.05) is 24.3 Å². The van der Waals surface area contributed by atoms with Crippen LogP contribution in [0.25, 0.3) is 0 Å². The van der Waals surface area contributed by atoms with Crippen molar-refractivity contribution in [1.82, 2.24) is 0 Å². The van der Waals surface area contributed by atoms with Crippen LogP contribution in [0.15, 0.2) is 24.3 Å². The molecule has 3 N–H and O–H groups in total. The van der Waals surface area contributed by atoms with E-state index in [0.717, 1.165) is 6.42 Å². The Kier molecular flexibility index (Phi) is 3.05. The minimum atomic E-state index is -0.919. The van der Waals surface area contributed by atoms with Crippen LogP contribution in [0.5, 0.6) is 0 Å². The minimum Gasteiger partial charge on any atom is -0.480 e. The van der Waals surface area contributed by atoms with E-state index >= 15 is 0 Å². The van der Waals surface area contributed by atoms with Crippen molar-refractivity contribution in [3.05, 3.63) is 24.3 Å². The van der Waals surface area contributed by atoms with E-state index in [2.05, 4.69) is 0 Å². The number of aliphatic carboxylic acids is 1. The summed E-state index contributed by atoms with van der Waals surface area (Å²) in [5, 5.41) is 8.55. The summed E-state index contributed by atoms with van der Waals surface area (Å²) in [5.41, 5.74) is 5.39. The predicted molar refractivity (Wildman–Crippen MR) is 46.6 cm³/mol. The fourth-order valence-electron chi connectivity index (χ4n) is 1.23. The first-order valence-electron chi connectivity index (χ1n) is 4.02. The maximum Gasteiger partial charge on any atom is 0.320 e. The lowest BCUT2D eigenvalue weighted by Crippen LogP contribution is -2.32. The molecule has 1 unspecified atom stereocenters. The van der Waals surface area contributed by atoms with Crippen LogP contribution in [-0.4, -0.2) is 17.1 Å². The molecule has 0 spiro atoms. The van der Waals surface area contributed by atoms with Gasteiger partial charge in [0.2, 0.25) is 0 Å². The van der Waals surface area contributed by atoms with Gasteiger partial charge in [-0.3, -0.25) is 4.79 Å².